The molecule has 1 nitrogen and oxygen atoms in total. The van der Waals surface area contributed by atoms with Crippen LogP contribution in [0.25, 0.3) is 0 Å². The van der Waals surface area contributed by atoms with Crippen molar-refractivity contribution >= 4 is 0 Å². The molecule has 8 heteroatoms. The molecule has 0 heterocycles. The van der Waals surface area contributed by atoms with Crippen LogP contribution in [0.4, 0.5) is 30.7 Å². The Kier molecular flexibility index (Phi) is 4.72. The van der Waals surface area contributed by atoms with Gasteiger partial charge in [0, 0.05) is 6.54 Å². The fourth-order valence-corrected chi connectivity index (χ4v) is 2.12. The van der Waals surface area contributed by atoms with Crippen molar-refractivity contribution < 1.29 is 30.7 Å². The van der Waals surface area contributed by atoms with E-state index in [1.807, 2.05) is 0 Å². The van der Waals surface area contributed by atoms with Gasteiger partial charge in [0.15, 0.2) is 0 Å². The summed E-state index contributed by atoms with van der Waals surface area (Å²) >= 11 is 0. The second-order valence-electron chi connectivity index (χ2n) is 5.01. The van der Waals surface area contributed by atoms with Crippen LogP contribution >= 0.6 is 0 Å². The summed E-state index contributed by atoms with van der Waals surface area (Å²) in [6, 6.07) is 1.30. The molecule has 0 fully saturated rings. The number of benzene rings is 1. The second-order valence-corrected chi connectivity index (χ2v) is 5.01. The first kappa shape index (κ1) is 17.4. The van der Waals surface area contributed by atoms with E-state index in [1.165, 1.54) is 12.2 Å². The highest BCUT2D eigenvalue weighted by atomic mass is 19.4. The second kappa shape index (κ2) is 6.25. The summed E-state index contributed by atoms with van der Waals surface area (Å²) in [6.07, 6.45) is -5.94. The summed E-state index contributed by atoms with van der Waals surface area (Å²) in [6.45, 7) is -0.347. The topological polar surface area (TPSA) is 12.0 Å². The number of hydrogen-bond acceptors (Lipinski definition) is 1. The van der Waals surface area contributed by atoms with E-state index in [4.69, 9.17) is 0 Å². The molecule has 2 rings (SSSR count). The van der Waals surface area contributed by atoms with Gasteiger partial charge in [-0.25, -0.2) is 4.39 Å². The van der Waals surface area contributed by atoms with E-state index in [2.05, 4.69) is 5.32 Å². The molecule has 0 aromatic heterocycles. The fourth-order valence-electron chi connectivity index (χ4n) is 2.12. The Hall–Kier alpha value is -1.99. The summed E-state index contributed by atoms with van der Waals surface area (Å²) < 4.78 is 89.8. The lowest BCUT2D eigenvalue weighted by Crippen LogP contribution is -2.17. The van der Waals surface area contributed by atoms with Crippen molar-refractivity contribution in [2.45, 2.75) is 31.7 Å². The molecule has 0 amide bonds. The lowest BCUT2D eigenvalue weighted by Gasteiger charge is -2.16. The van der Waals surface area contributed by atoms with E-state index in [-0.39, 0.29) is 23.9 Å². The van der Waals surface area contributed by atoms with Gasteiger partial charge in [-0.05, 0) is 42.7 Å². The number of nitrogens with one attached hydrogen (secondary N) is 1. The van der Waals surface area contributed by atoms with E-state index in [1.54, 1.807) is 0 Å². The number of alkyl halides is 6. The van der Waals surface area contributed by atoms with Crippen LogP contribution in [-0.2, 0) is 18.9 Å². The molecule has 0 unspecified atom stereocenters. The van der Waals surface area contributed by atoms with E-state index in [0.29, 0.717) is 25.0 Å². The van der Waals surface area contributed by atoms with Crippen molar-refractivity contribution in [2.75, 3.05) is 0 Å². The highest BCUT2D eigenvalue weighted by Crippen LogP contribution is 2.36. The molecule has 1 N–H and O–H groups in total. The predicted octanol–water partition coefficient (Wildman–Crippen LogP) is 5.34. The average molecular weight is 339 g/mol. The maximum atomic E-state index is 13.5. The smallest absolute Gasteiger partial charge is 0.379 e. The zero-order chi connectivity index (χ0) is 17.3. The molecule has 0 saturated heterocycles. The van der Waals surface area contributed by atoms with Crippen LogP contribution in [0.1, 0.15) is 29.5 Å². The number of halogens is 7. The molecule has 23 heavy (non-hydrogen) atoms. The normalized spacial score (nSPS) is 16.0. The molecule has 0 radical (unpaired) electrons. The molecule has 0 aliphatic heterocycles. The van der Waals surface area contributed by atoms with E-state index in [9.17, 15) is 30.7 Å². The Morgan fingerprint density at radius 1 is 0.826 bits per heavy atom. The predicted molar refractivity (Wildman–Crippen MR) is 69.8 cm³/mol. The average Bonchev–Trinajstić information content (AvgIpc) is 2.44. The van der Waals surface area contributed by atoms with Gasteiger partial charge in [0.05, 0.1) is 16.8 Å². The van der Waals surface area contributed by atoms with Gasteiger partial charge in [-0.1, -0.05) is 6.08 Å². The largest absolute Gasteiger partial charge is 0.416 e. The van der Waals surface area contributed by atoms with Crippen molar-refractivity contribution in [3.63, 3.8) is 0 Å². The van der Waals surface area contributed by atoms with Crippen LogP contribution in [0.15, 0.2) is 41.9 Å². The Morgan fingerprint density at radius 2 is 1.35 bits per heavy atom. The zero-order valence-corrected chi connectivity index (χ0v) is 11.7. The Bertz CT molecular complexity index is 606. The molecular formula is C15H12F7N. The molecular weight excluding hydrogens is 327 g/mol. The highest BCUT2D eigenvalue weighted by molar-refractivity contribution is 5.35. The minimum atomic E-state index is -4.90. The van der Waals surface area contributed by atoms with E-state index >= 15 is 0 Å². The SMILES string of the molecule is FC1=CCCC=C1NCc1cc(C(F)(F)F)cc(C(F)(F)F)c1. The molecule has 1 aliphatic carbocycles. The first-order valence-corrected chi connectivity index (χ1v) is 6.66. The summed E-state index contributed by atoms with van der Waals surface area (Å²) in [5.41, 5.74) is -2.94. The van der Waals surface area contributed by atoms with E-state index < -0.39 is 29.3 Å². The van der Waals surface area contributed by atoms with Crippen LogP contribution in [0.2, 0.25) is 0 Å². The van der Waals surface area contributed by atoms with Gasteiger partial charge in [-0.2, -0.15) is 26.3 Å². The van der Waals surface area contributed by atoms with Crippen molar-refractivity contribution in [3.05, 3.63) is 58.6 Å². The summed E-state index contributed by atoms with van der Waals surface area (Å²) in [5.74, 6) is -0.570. The summed E-state index contributed by atoms with van der Waals surface area (Å²) in [5, 5.41) is 2.53. The fraction of sp³-hybridized carbons (Fsp3) is 0.333. The maximum Gasteiger partial charge on any atom is 0.416 e. The van der Waals surface area contributed by atoms with Gasteiger partial charge < -0.3 is 5.32 Å². The van der Waals surface area contributed by atoms with Gasteiger partial charge >= 0.3 is 12.4 Å². The van der Waals surface area contributed by atoms with Gasteiger partial charge in [-0.3, -0.25) is 0 Å². The van der Waals surface area contributed by atoms with Gasteiger partial charge in [0.2, 0.25) is 0 Å². The summed E-state index contributed by atoms with van der Waals surface area (Å²) in [7, 11) is 0. The minimum Gasteiger partial charge on any atom is -0.379 e. The van der Waals surface area contributed by atoms with Gasteiger partial charge in [0.25, 0.3) is 0 Å². The third-order valence-electron chi connectivity index (χ3n) is 3.23. The van der Waals surface area contributed by atoms with Crippen molar-refractivity contribution in [1.29, 1.82) is 0 Å². The van der Waals surface area contributed by atoms with Crippen LogP contribution in [0, 0.1) is 0 Å². The molecule has 1 aromatic carbocycles. The molecule has 0 spiro atoms. The number of allylic oxidation sites excluding steroid dienone is 3. The maximum absolute atomic E-state index is 13.5. The number of rotatable bonds is 3. The third kappa shape index (κ3) is 4.49. The third-order valence-corrected chi connectivity index (χ3v) is 3.23. The Balaban J connectivity index is 2.27. The van der Waals surface area contributed by atoms with Crippen LogP contribution in [0.3, 0.4) is 0 Å². The Labute approximate surface area is 127 Å². The standard InChI is InChI=1S/C15H12F7N/c16-12-3-1-2-4-13(12)23-8-9-5-10(14(17,18)19)7-11(6-9)15(20,21)22/h3-7,23H,1-2,8H2. The van der Waals surface area contributed by atoms with Crippen LogP contribution < -0.4 is 5.32 Å². The van der Waals surface area contributed by atoms with Crippen molar-refractivity contribution in [2.24, 2.45) is 0 Å². The molecule has 0 bridgehead atoms. The molecule has 0 saturated carbocycles. The van der Waals surface area contributed by atoms with Crippen molar-refractivity contribution in [3.8, 4) is 0 Å². The van der Waals surface area contributed by atoms with Gasteiger partial charge in [0.1, 0.15) is 5.83 Å². The Morgan fingerprint density at radius 3 is 1.83 bits per heavy atom. The molecule has 126 valence electrons. The lowest BCUT2D eigenvalue weighted by atomic mass is 10.0. The first-order valence-electron chi connectivity index (χ1n) is 6.66. The molecule has 0 atom stereocenters. The number of hydrogen-bond donors (Lipinski definition) is 1. The van der Waals surface area contributed by atoms with Gasteiger partial charge in [-0.15, -0.1) is 0 Å². The first-order chi connectivity index (χ1) is 10.6. The minimum absolute atomic E-state index is 0.0594. The quantitative estimate of drug-likeness (QED) is 0.733. The zero-order valence-electron chi connectivity index (χ0n) is 11.7. The monoisotopic (exact) mass is 339 g/mol. The van der Waals surface area contributed by atoms with E-state index in [0.717, 1.165) is 0 Å². The molecule has 1 aliphatic rings. The highest BCUT2D eigenvalue weighted by Gasteiger charge is 2.36. The van der Waals surface area contributed by atoms with Crippen molar-refractivity contribution in [1.82, 2.24) is 5.32 Å². The summed E-state index contributed by atoms with van der Waals surface area (Å²) in [4.78, 5) is 0. The molecule has 1 aromatic rings. The van der Waals surface area contributed by atoms with Crippen LogP contribution in [0.5, 0.6) is 0 Å². The van der Waals surface area contributed by atoms with Crippen LogP contribution in [-0.4, -0.2) is 0 Å². The lowest BCUT2D eigenvalue weighted by molar-refractivity contribution is -0.143.